The summed E-state index contributed by atoms with van der Waals surface area (Å²) in [5, 5.41) is 6.02. The number of carbonyl (C=O) groups excluding carboxylic acids is 1. The van der Waals surface area contributed by atoms with Gasteiger partial charge >= 0.3 is 0 Å². The highest BCUT2D eigenvalue weighted by Crippen LogP contribution is 2.25. The Morgan fingerprint density at radius 1 is 1.20 bits per heavy atom. The molecule has 0 saturated carbocycles. The lowest BCUT2D eigenvalue weighted by atomic mass is 10.3. The van der Waals surface area contributed by atoms with Crippen molar-refractivity contribution in [3.8, 4) is 11.5 Å². The van der Waals surface area contributed by atoms with Crippen LogP contribution in [0.25, 0.3) is 0 Å². The number of ether oxygens (including phenoxy) is 2. The SMILES string of the molecule is COc1ccccc1OCCNCCC(=O)NC(C)C. The van der Waals surface area contributed by atoms with E-state index in [1.165, 1.54) is 0 Å². The molecular formula is C15H24N2O3. The molecule has 2 N–H and O–H groups in total. The van der Waals surface area contributed by atoms with Crippen molar-refractivity contribution in [2.24, 2.45) is 0 Å². The summed E-state index contributed by atoms with van der Waals surface area (Å²) in [7, 11) is 1.62. The molecule has 0 radical (unpaired) electrons. The van der Waals surface area contributed by atoms with Gasteiger partial charge in [-0.2, -0.15) is 0 Å². The second kappa shape index (κ2) is 9.20. The van der Waals surface area contributed by atoms with Gasteiger partial charge in [-0.1, -0.05) is 12.1 Å². The number of amides is 1. The lowest BCUT2D eigenvalue weighted by Gasteiger charge is -2.11. The van der Waals surface area contributed by atoms with Crippen molar-refractivity contribution in [3.63, 3.8) is 0 Å². The van der Waals surface area contributed by atoms with Crippen LogP contribution in [-0.2, 0) is 4.79 Å². The molecule has 0 saturated heterocycles. The summed E-state index contributed by atoms with van der Waals surface area (Å²) in [6.07, 6.45) is 0.479. The number of carbonyl (C=O) groups is 1. The van der Waals surface area contributed by atoms with Gasteiger partial charge in [-0.3, -0.25) is 4.79 Å². The van der Waals surface area contributed by atoms with Crippen molar-refractivity contribution >= 4 is 5.91 Å². The topological polar surface area (TPSA) is 59.6 Å². The molecule has 0 atom stereocenters. The van der Waals surface area contributed by atoms with Crippen LogP contribution in [0.5, 0.6) is 11.5 Å². The van der Waals surface area contributed by atoms with Crippen LogP contribution in [-0.4, -0.2) is 38.8 Å². The molecule has 0 spiro atoms. The van der Waals surface area contributed by atoms with E-state index in [0.717, 1.165) is 11.5 Å². The summed E-state index contributed by atoms with van der Waals surface area (Å²) >= 11 is 0. The molecule has 1 rings (SSSR count). The van der Waals surface area contributed by atoms with E-state index < -0.39 is 0 Å². The molecule has 0 heterocycles. The van der Waals surface area contributed by atoms with Crippen molar-refractivity contribution in [2.75, 3.05) is 26.8 Å². The lowest BCUT2D eigenvalue weighted by Crippen LogP contribution is -2.33. The van der Waals surface area contributed by atoms with Crippen LogP contribution in [0.1, 0.15) is 20.3 Å². The molecular weight excluding hydrogens is 256 g/mol. The lowest BCUT2D eigenvalue weighted by molar-refractivity contribution is -0.121. The van der Waals surface area contributed by atoms with Crippen LogP contribution in [0.3, 0.4) is 0 Å². The van der Waals surface area contributed by atoms with Crippen molar-refractivity contribution < 1.29 is 14.3 Å². The first-order chi connectivity index (χ1) is 9.63. The molecule has 1 aromatic carbocycles. The molecule has 0 fully saturated rings. The fourth-order valence-corrected chi connectivity index (χ4v) is 1.69. The number of benzene rings is 1. The van der Waals surface area contributed by atoms with Crippen LogP contribution in [0.15, 0.2) is 24.3 Å². The monoisotopic (exact) mass is 280 g/mol. The molecule has 0 aliphatic carbocycles. The zero-order valence-electron chi connectivity index (χ0n) is 12.4. The Labute approximate surface area is 120 Å². The van der Waals surface area contributed by atoms with Gasteiger partial charge in [-0.25, -0.2) is 0 Å². The zero-order chi connectivity index (χ0) is 14.8. The molecule has 112 valence electrons. The third-order valence-corrected chi connectivity index (χ3v) is 2.58. The summed E-state index contributed by atoms with van der Waals surface area (Å²) in [6.45, 7) is 5.77. The van der Waals surface area contributed by atoms with Gasteiger partial charge in [0.05, 0.1) is 7.11 Å². The summed E-state index contributed by atoms with van der Waals surface area (Å²) in [6, 6.07) is 7.73. The number of hydrogen-bond donors (Lipinski definition) is 2. The number of para-hydroxylation sites is 2. The Bertz CT molecular complexity index is 408. The molecule has 1 aromatic rings. The highest BCUT2D eigenvalue weighted by atomic mass is 16.5. The number of hydrogen-bond acceptors (Lipinski definition) is 4. The molecule has 0 aliphatic rings. The minimum atomic E-state index is 0.0677. The van der Waals surface area contributed by atoms with Gasteiger partial charge in [-0.05, 0) is 26.0 Å². The van der Waals surface area contributed by atoms with E-state index >= 15 is 0 Å². The van der Waals surface area contributed by atoms with Gasteiger partial charge in [-0.15, -0.1) is 0 Å². The van der Waals surface area contributed by atoms with Crippen molar-refractivity contribution in [2.45, 2.75) is 26.3 Å². The summed E-state index contributed by atoms with van der Waals surface area (Å²) in [4.78, 5) is 11.4. The van der Waals surface area contributed by atoms with E-state index in [1.54, 1.807) is 7.11 Å². The van der Waals surface area contributed by atoms with Gasteiger partial charge in [0, 0.05) is 25.6 Å². The fraction of sp³-hybridized carbons (Fsp3) is 0.533. The van der Waals surface area contributed by atoms with E-state index in [0.29, 0.717) is 26.1 Å². The molecule has 0 unspecified atom stereocenters. The Morgan fingerprint density at radius 3 is 2.55 bits per heavy atom. The fourth-order valence-electron chi connectivity index (χ4n) is 1.69. The van der Waals surface area contributed by atoms with Crippen LogP contribution in [0.2, 0.25) is 0 Å². The van der Waals surface area contributed by atoms with Gasteiger partial charge in [0.25, 0.3) is 0 Å². The van der Waals surface area contributed by atoms with Crippen molar-refractivity contribution in [1.82, 2.24) is 10.6 Å². The quantitative estimate of drug-likeness (QED) is 0.674. The summed E-state index contributed by atoms with van der Waals surface area (Å²) in [5.41, 5.74) is 0. The second-order valence-corrected chi connectivity index (χ2v) is 4.72. The van der Waals surface area contributed by atoms with E-state index in [9.17, 15) is 4.79 Å². The molecule has 0 bridgehead atoms. The van der Waals surface area contributed by atoms with Crippen LogP contribution in [0.4, 0.5) is 0 Å². The normalized spacial score (nSPS) is 10.4. The van der Waals surface area contributed by atoms with E-state index in [4.69, 9.17) is 9.47 Å². The minimum absolute atomic E-state index is 0.0677. The third-order valence-electron chi connectivity index (χ3n) is 2.58. The highest BCUT2D eigenvalue weighted by Gasteiger charge is 2.03. The first-order valence-corrected chi connectivity index (χ1v) is 6.89. The summed E-state index contributed by atoms with van der Waals surface area (Å²) < 4.78 is 10.8. The number of nitrogens with one attached hydrogen (secondary N) is 2. The number of methoxy groups -OCH3 is 1. The first-order valence-electron chi connectivity index (χ1n) is 6.89. The van der Waals surface area contributed by atoms with E-state index in [2.05, 4.69) is 10.6 Å². The smallest absolute Gasteiger partial charge is 0.221 e. The Hall–Kier alpha value is -1.75. The minimum Gasteiger partial charge on any atom is -0.493 e. The van der Waals surface area contributed by atoms with Crippen LogP contribution < -0.4 is 20.1 Å². The Morgan fingerprint density at radius 2 is 1.90 bits per heavy atom. The zero-order valence-corrected chi connectivity index (χ0v) is 12.4. The van der Waals surface area contributed by atoms with Crippen LogP contribution >= 0.6 is 0 Å². The Kier molecular flexibility index (Phi) is 7.50. The van der Waals surface area contributed by atoms with Gasteiger partial charge in [0.1, 0.15) is 6.61 Å². The highest BCUT2D eigenvalue weighted by molar-refractivity contribution is 5.76. The standard InChI is InChI=1S/C15H24N2O3/c1-12(2)17-15(18)8-9-16-10-11-20-14-7-5-4-6-13(14)19-3/h4-7,12,16H,8-11H2,1-3H3,(H,17,18). The van der Waals surface area contributed by atoms with E-state index in [-0.39, 0.29) is 11.9 Å². The van der Waals surface area contributed by atoms with Crippen molar-refractivity contribution in [1.29, 1.82) is 0 Å². The molecule has 5 heteroatoms. The molecule has 0 aromatic heterocycles. The largest absolute Gasteiger partial charge is 0.493 e. The van der Waals surface area contributed by atoms with Crippen molar-refractivity contribution in [3.05, 3.63) is 24.3 Å². The van der Waals surface area contributed by atoms with Gasteiger partial charge in [0.15, 0.2) is 11.5 Å². The maximum absolute atomic E-state index is 11.4. The molecule has 1 amide bonds. The molecule has 0 aliphatic heterocycles. The summed E-state index contributed by atoms with van der Waals surface area (Å²) in [5.74, 6) is 1.52. The number of rotatable bonds is 9. The average Bonchev–Trinajstić information content (AvgIpc) is 2.42. The Balaban J connectivity index is 2.12. The molecule has 20 heavy (non-hydrogen) atoms. The second-order valence-electron chi connectivity index (χ2n) is 4.72. The van der Waals surface area contributed by atoms with E-state index in [1.807, 2.05) is 38.1 Å². The third kappa shape index (κ3) is 6.43. The van der Waals surface area contributed by atoms with Gasteiger partial charge < -0.3 is 20.1 Å². The predicted octanol–water partition coefficient (Wildman–Crippen LogP) is 1.58. The average molecular weight is 280 g/mol. The van der Waals surface area contributed by atoms with Gasteiger partial charge in [0.2, 0.25) is 5.91 Å². The van der Waals surface area contributed by atoms with Crippen LogP contribution in [0, 0.1) is 0 Å². The molecule has 5 nitrogen and oxygen atoms in total. The first kappa shape index (κ1) is 16.3. The maximum Gasteiger partial charge on any atom is 0.221 e. The maximum atomic E-state index is 11.4. The predicted molar refractivity (Wildman–Crippen MR) is 79.3 cm³/mol.